The van der Waals surface area contributed by atoms with Crippen LogP contribution in [0, 0.1) is 0 Å². The number of hydrogen-bond acceptors (Lipinski definition) is 6. The molecule has 36 heavy (non-hydrogen) atoms. The number of aromatic amines is 1. The number of H-pyrrole nitrogens is 1. The first-order valence-electron chi connectivity index (χ1n) is 10.5. The molecule has 1 aromatic heterocycles. The highest BCUT2D eigenvalue weighted by molar-refractivity contribution is 9.11. The van der Waals surface area contributed by atoms with Crippen LogP contribution in [0.15, 0.2) is 85.5 Å². The molecule has 0 fully saturated rings. The molecule has 180 valence electrons. The van der Waals surface area contributed by atoms with E-state index in [-0.39, 0.29) is 24.1 Å². The van der Waals surface area contributed by atoms with Crippen molar-refractivity contribution >= 4 is 66.3 Å². The fourth-order valence-electron chi connectivity index (χ4n) is 3.55. The van der Waals surface area contributed by atoms with Crippen LogP contribution in [0.3, 0.4) is 0 Å². The van der Waals surface area contributed by atoms with Crippen molar-refractivity contribution in [1.82, 2.24) is 10.3 Å². The van der Waals surface area contributed by atoms with E-state index in [2.05, 4.69) is 52.4 Å². The smallest absolute Gasteiger partial charge is 0.311 e. The third-order valence-corrected chi connectivity index (χ3v) is 6.32. The van der Waals surface area contributed by atoms with Gasteiger partial charge >= 0.3 is 5.91 Å². The molecule has 0 saturated carbocycles. The van der Waals surface area contributed by atoms with Gasteiger partial charge in [-0.25, -0.2) is 0 Å². The molecule has 1 aliphatic rings. The zero-order valence-electron chi connectivity index (χ0n) is 18.3. The fourth-order valence-corrected chi connectivity index (χ4v) is 4.87. The molecule has 2 amide bonds. The van der Waals surface area contributed by atoms with Crippen molar-refractivity contribution < 1.29 is 24.2 Å². The van der Waals surface area contributed by atoms with Crippen molar-refractivity contribution in [3.8, 4) is 17.4 Å². The maximum Gasteiger partial charge on any atom is 0.311 e. The van der Waals surface area contributed by atoms with Crippen molar-refractivity contribution in [2.45, 2.75) is 0 Å². The van der Waals surface area contributed by atoms with Crippen LogP contribution in [-0.2, 0) is 4.79 Å². The molecular formula is C25H16Br2N4O5. The lowest BCUT2D eigenvalue weighted by molar-refractivity contribution is -0.115. The van der Waals surface area contributed by atoms with Gasteiger partial charge < -0.3 is 24.9 Å². The molecule has 0 aliphatic carbocycles. The van der Waals surface area contributed by atoms with E-state index < -0.39 is 11.8 Å². The molecule has 0 saturated heterocycles. The summed E-state index contributed by atoms with van der Waals surface area (Å²) >= 11 is 6.82. The van der Waals surface area contributed by atoms with Crippen LogP contribution < -0.4 is 14.8 Å². The third kappa shape index (κ3) is 4.88. The van der Waals surface area contributed by atoms with Crippen LogP contribution in [0.2, 0.25) is 0 Å². The van der Waals surface area contributed by atoms with Gasteiger partial charge in [-0.2, -0.15) is 0 Å². The number of benzene rings is 3. The Morgan fingerprint density at radius 1 is 1.03 bits per heavy atom. The number of carbonyl (C=O) groups is 2. The van der Waals surface area contributed by atoms with E-state index in [0.717, 1.165) is 4.47 Å². The first-order valence-corrected chi connectivity index (χ1v) is 12.1. The lowest BCUT2D eigenvalue weighted by Gasteiger charge is -2.07. The van der Waals surface area contributed by atoms with Crippen LogP contribution in [0.25, 0.3) is 17.0 Å². The van der Waals surface area contributed by atoms with Crippen molar-refractivity contribution in [1.29, 1.82) is 0 Å². The number of aromatic nitrogens is 1. The Hall–Kier alpha value is -3.96. The molecule has 4 aromatic rings. The molecule has 0 bridgehead atoms. The van der Waals surface area contributed by atoms with Gasteiger partial charge in [0.1, 0.15) is 5.70 Å². The third-order valence-electron chi connectivity index (χ3n) is 5.24. The molecule has 5 rings (SSSR count). The zero-order chi connectivity index (χ0) is 25.2. The van der Waals surface area contributed by atoms with Crippen molar-refractivity contribution in [3.05, 3.63) is 86.4 Å². The van der Waals surface area contributed by atoms with Gasteiger partial charge in [0.2, 0.25) is 12.7 Å². The molecule has 0 unspecified atom stereocenters. The second-order valence-corrected chi connectivity index (χ2v) is 9.40. The Morgan fingerprint density at radius 3 is 2.61 bits per heavy atom. The van der Waals surface area contributed by atoms with Crippen LogP contribution in [0.5, 0.6) is 17.4 Å². The number of fused-ring (bicyclic) bond motifs is 2. The molecule has 11 heteroatoms. The average Bonchev–Trinajstić information content (AvgIpc) is 3.46. The Bertz CT molecular complexity index is 1560. The number of aromatic hydroxyl groups is 1. The van der Waals surface area contributed by atoms with Gasteiger partial charge in [-0.15, -0.1) is 10.2 Å². The Balaban J connectivity index is 1.50. The summed E-state index contributed by atoms with van der Waals surface area (Å²) in [6, 6.07) is 17.1. The predicted molar refractivity (Wildman–Crippen MR) is 139 cm³/mol. The maximum atomic E-state index is 13.1. The fraction of sp³-hybridized carbons (Fsp3) is 0.0400. The van der Waals surface area contributed by atoms with Gasteiger partial charge in [-0.3, -0.25) is 9.59 Å². The number of amides is 2. The van der Waals surface area contributed by atoms with Gasteiger partial charge in [-0.1, -0.05) is 40.2 Å². The van der Waals surface area contributed by atoms with Gasteiger partial charge in [-0.05, 0) is 64.0 Å². The number of nitrogens with zero attached hydrogens (tertiary/aromatic N) is 2. The SMILES string of the molecule is O=C(N=Nc1c(O)[nH]c2c(Br)cc(Br)cc12)C(=Cc1ccc2c(c1)OCO2)NC(=O)c1ccccc1. The molecule has 3 N–H and O–H groups in total. The number of ether oxygens (including phenoxy) is 2. The number of halogens is 2. The van der Waals surface area contributed by atoms with Gasteiger partial charge in [0.25, 0.3) is 5.91 Å². The molecular weight excluding hydrogens is 596 g/mol. The molecule has 2 heterocycles. The monoisotopic (exact) mass is 610 g/mol. The summed E-state index contributed by atoms with van der Waals surface area (Å²) in [7, 11) is 0. The summed E-state index contributed by atoms with van der Waals surface area (Å²) in [6.45, 7) is 0.105. The topological polar surface area (TPSA) is 125 Å². The summed E-state index contributed by atoms with van der Waals surface area (Å²) in [5.41, 5.74) is 1.49. The molecule has 0 radical (unpaired) electrons. The minimum atomic E-state index is -0.820. The highest BCUT2D eigenvalue weighted by atomic mass is 79.9. The van der Waals surface area contributed by atoms with Crippen LogP contribution in [0.4, 0.5) is 5.69 Å². The molecule has 3 aromatic carbocycles. The number of carbonyl (C=O) groups excluding carboxylic acids is 2. The highest BCUT2D eigenvalue weighted by Gasteiger charge is 2.18. The van der Waals surface area contributed by atoms with E-state index in [4.69, 9.17) is 9.47 Å². The van der Waals surface area contributed by atoms with E-state index in [1.807, 2.05) is 0 Å². The van der Waals surface area contributed by atoms with E-state index in [1.54, 1.807) is 60.7 Å². The van der Waals surface area contributed by atoms with E-state index in [0.29, 0.717) is 38.0 Å². The van der Waals surface area contributed by atoms with Crippen LogP contribution >= 0.6 is 31.9 Å². The van der Waals surface area contributed by atoms with Gasteiger partial charge in [0, 0.05) is 19.9 Å². The normalized spacial score (nSPS) is 12.9. The summed E-state index contributed by atoms with van der Waals surface area (Å²) in [5, 5.41) is 21.3. The van der Waals surface area contributed by atoms with E-state index >= 15 is 0 Å². The zero-order valence-corrected chi connectivity index (χ0v) is 21.5. The first-order chi connectivity index (χ1) is 17.4. The van der Waals surface area contributed by atoms with Crippen molar-refractivity contribution in [2.75, 3.05) is 6.79 Å². The van der Waals surface area contributed by atoms with E-state index in [1.165, 1.54) is 6.08 Å². The summed E-state index contributed by atoms with van der Waals surface area (Å²) in [6.07, 6.45) is 1.46. The highest BCUT2D eigenvalue weighted by Crippen LogP contribution is 2.40. The Morgan fingerprint density at radius 2 is 1.81 bits per heavy atom. The molecule has 0 spiro atoms. The second kappa shape index (κ2) is 9.96. The quantitative estimate of drug-likeness (QED) is 0.183. The lowest BCUT2D eigenvalue weighted by atomic mass is 10.1. The largest absolute Gasteiger partial charge is 0.493 e. The van der Waals surface area contributed by atoms with Gasteiger partial charge in [0.05, 0.1) is 5.52 Å². The second-order valence-electron chi connectivity index (χ2n) is 7.63. The first kappa shape index (κ1) is 23.8. The molecule has 9 nitrogen and oxygen atoms in total. The standard InChI is InChI=1S/C25H16Br2N4O5/c26-15-10-16-21(17(27)11-15)29-25(34)22(16)30-31-24(33)18(28-23(32)14-4-2-1-3-5-14)8-13-6-7-19-20(9-13)36-12-35-19/h1-11,29,34H,12H2,(H,28,32). The summed E-state index contributed by atoms with van der Waals surface area (Å²) in [5.74, 6) is -0.463. The van der Waals surface area contributed by atoms with Crippen molar-refractivity contribution in [3.63, 3.8) is 0 Å². The summed E-state index contributed by atoms with van der Waals surface area (Å²) in [4.78, 5) is 28.7. The van der Waals surface area contributed by atoms with Crippen molar-refractivity contribution in [2.24, 2.45) is 10.2 Å². The van der Waals surface area contributed by atoms with Gasteiger partial charge in [0.15, 0.2) is 17.2 Å². The number of nitrogens with one attached hydrogen (secondary N) is 2. The lowest BCUT2D eigenvalue weighted by Crippen LogP contribution is -2.26. The number of azo groups is 1. The maximum absolute atomic E-state index is 13.1. The predicted octanol–water partition coefficient (Wildman–Crippen LogP) is 6.21. The molecule has 1 aliphatic heterocycles. The van der Waals surface area contributed by atoms with Crippen LogP contribution in [0.1, 0.15) is 15.9 Å². The Kier molecular flexibility index (Phi) is 6.57. The number of hydrogen-bond donors (Lipinski definition) is 3. The van der Waals surface area contributed by atoms with Crippen LogP contribution in [-0.4, -0.2) is 28.7 Å². The minimum absolute atomic E-state index is 0.0807. The molecule has 0 atom stereocenters. The average molecular weight is 612 g/mol. The summed E-state index contributed by atoms with van der Waals surface area (Å²) < 4.78 is 12.1. The minimum Gasteiger partial charge on any atom is -0.493 e. The van der Waals surface area contributed by atoms with E-state index in [9.17, 15) is 14.7 Å². The Labute approximate surface area is 221 Å². The number of rotatable bonds is 5.